The number of methoxy groups -OCH3 is 1. The second kappa shape index (κ2) is 4.82. The van der Waals surface area contributed by atoms with Crippen molar-refractivity contribution in [3.8, 4) is 0 Å². The van der Waals surface area contributed by atoms with Crippen molar-refractivity contribution in [1.82, 2.24) is 4.98 Å². The molecule has 0 aliphatic heterocycles. The zero-order valence-corrected chi connectivity index (χ0v) is 8.22. The molecule has 88 valence electrons. The van der Waals surface area contributed by atoms with Crippen LogP contribution in [0.3, 0.4) is 0 Å². The average Bonchev–Trinajstić information content (AvgIpc) is 2.22. The van der Waals surface area contributed by atoms with Crippen molar-refractivity contribution in [2.45, 2.75) is 12.8 Å². The number of hydrogen-bond donors (Lipinski definition) is 1. The van der Waals surface area contributed by atoms with Gasteiger partial charge in [0.1, 0.15) is 5.82 Å². The van der Waals surface area contributed by atoms with Gasteiger partial charge in [-0.3, -0.25) is 9.59 Å². The summed E-state index contributed by atoms with van der Waals surface area (Å²) >= 11 is 0. The van der Waals surface area contributed by atoms with Crippen molar-refractivity contribution in [2.24, 2.45) is 0 Å². The van der Waals surface area contributed by atoms with Crippen molar-refractivity contribution in [3.05, 3.63) is 33.5 Å². The van der Waals surface area contributed by atoms with Gasteiger partial charge in [-0.15, -0.1) is 0 Å². The van der Waals surface area contributed by atoms with E-state index in [1.165, 1.54) is 0 Å². The molecule has 1 aromatic rings. The molecule has 0 aliphatic rings. The molecule has 0 amide bonds. The first kappa shape index (κ1) is 12.3. The second-order valence-electron chi connectivity index (χ2n) is 2.93. The van der Waals surface area contributed by atoms with Gasteiger partial charge in [-0.2, -0.15) is 0 Å². The highest BCUT2D eigenvalue weighted by Gasteiger charge is 2.17. The van der Waals surface area contributed by atoms with E-state index in [9.17, 15) is 22.8 Å². The van der Waals surface area contributed by atoms with E-state index in [1.807, 2.05) is 0 Å². The molecule has 1 aromatic heterocycles. The molecule has 0 aliphatic carbocycles. The number of rotatable bonds is 3. The Morgan fingerprint density at radius 3 is 2.62 bits per heavy atom. The summed E-state index contributed by atoms with van der Waals surface area (Å²) < 4.78 is 41.8. The number of halogens is 3. The molecule has 16 heavy (non-hydrogen) atoms. The molecular weight excluding hydrogens is 227 g/mol. The van der Waals surface area contributed by atoms with Gasteiger partial charge in [-0.05, 0) is 6.07 Å². The predicted molar refractivity (Wildman–Crippen MR) is 47.7 cm³/mol. The maximum Gasteiger partial charge on any atom is 0.310 e. The number of hydrogen-bond acceptors (Lipinski definition) is 3. The predicted octanol–water partition coefficient (Wildman–Crippen LogP) is 1.17. The summed E-state index contributed by atoms with van der Waals surface area (Å²) in [6.45, 7) is 0. The quantitative estimate of drug-likeness (QED) is 0.800. The molecule has 1 heterocycles. The van der Waals surface area contributed by atoms with Gasteiger partial charge in [0.05, 0.1) is 24.8 Å². The molecule has 0 aromatic carbocycles. The van der Waals surface area contributed by atoms with Crippen molar-refractivity contribution in [2.75, 3.05) is 7.11 Å². The van der Waals surface area contributed by atoms with Crippen LogP contribution >= 0.6 is 0 Å². The van der Waals surface area contributed by atoms with Crippen molar-refractivity contribution in [1.29, 1.82) is 0 Å². The summed E-state index contributed by atoms with van der Waals surface area (Å²) in [6, 6.07) is 0.490. The van der Waals surface area contributed by atoms with Gasteiger partial charge in [-0.25, -0.2) is 13.2 Å². The lowest BCUT2D eigenvalue weighted by molar-refractivity contribution is -0.139. The largest absolute Gasteiger partial charge is 0.469 e. The van der Waals surface area contributed by atoms with Gasteiger partial charge in [0.15, 0.2) is 0 Å². The van der Waals surface area contributed by atoms with E-state index in [0.29, 0.717) is 6.07 Å². The minimum absolute atomic E-state index is 0.490. The first-order valence-corrected chi connectivity index (χ1v) is 4.22. The minimum atomic E-state index is -2.98. The molecule has 0 spiro atoms. The number of aromatic nitrogens is 1. The standard InChI is InChI=1S/C9H8F3NO3/c1-16-7(14)2-4-5(10)3-6(8(11)12)13-9(4)15/h3,8H,2H2,1H3,(H,13,15). The summed E-state index contributed by atoms with van der Waals surface area (Å²) in [6.07, 6.45) is -3.57. The molecule has 4 nitrogen and oxygen atoms in total. The lowest BCUT2D eigenvalue weighted by Gasteiger charge is -2.04. The molecule has 0 saturated heterocycles. The Bertz CT molecular complexity index is 456. The molecule has 0 saturated carbocycles. The van der Waals surface area contributed by atoms with Gasteiger partial charge in [0, 0.05) is 0 Å². The van der Waals surface area contributed by atoms with Crippen LogP contribution in [0.2, 0.25) is 0 Å². The van der Waals surface area contributed by atoms with Crippen LogP contribution in [0.1, 0.15) is 17.7 Å². The van der Waals surface area contributed by atoms with E-state index in [1.54, 1.807) is 4.98 Å². The third-order valence-corrected chi connectivity index (χ3v) is 1.89. The van der Waals surface area contributed by atoms with Crippen LogP contribution in [0.25, 0.3) is 0 Å². The van der Waals surface area contributed by atoms with Crippen LogP contribution in [0.15, 0.2) is 10.9 Å². The zero-order chi connectivity index (χ0) is 12.3. The number of aromatic amines is 1. The Balaban J connectivity index is 3.13. The first-order valence-electron chi connectivity index (χ1n) is 4.22. The van der Waals surface area contributed by atoms with Crippen LogP contribution in [0.4, 0.5) is 13.2 Å². The Labute approximate surface area is 88.0 Å². The van der Waals surface area contributed by atoms with E-state index in [0.717, 1.165) is 7.11 Å². The average molecular weight is 235 g/mol. The number of esters is 1. The van der Waals surface area contributed by atoms with Gasteiger partial charge in [0.25, 0.3) is 12.0 Å². The van der Waals surface area contributed by atoms with Gasteiger partial charge in [-0.1, -0.05) is 0 Å². The van der Waals surface area contributed by atoms with Crippen LogP contribution in [0.5, 0.6) is 0 Å². The topological polar surface area (TPSA) is 59.2 Å². The van der Waals surface area contributed by atoms with Crippen LogP contribution in [0, 0.1) is 5.82 Å². The summed E-state index contributed by atoms with van der Waals surface area (Å²) in [4.78, 5) is 23.8. The Hall–Kier alpha value is -1.79. The third kappa shape index (κ3) is 2.62. The molecular formula is C9H8F3NO3. The van der Waals surface area contributed by atoms with Crippen molar-refractivity contribution in [3.63, 3.8) is 0 Å². The van der Waals surface area contributed by atoms with Gasteiger partial charge < -0.3 is 9.72 Å². The zero-order valence-electron chi connectivity index (χ0n) is 8.22. The Kier molecular flexibility index (Phi) is 3.70. The molecule has 0 radical (unpaired) electrons. The summed E-state index contributed by atoms with van der Waals surface area (Å²) in [5, 5.41) is 0. The molecule has 0 fully saturated rings. The fraction of sp³-hybridized carbons (Fsp3) is 0.333. The molecule has 1 N–H and O–H groups in total. The number of carbonyl (C=O) groups excluding carboxylic acids is 1. The number of pyridine rings is 1. The van der Waals surface area contributed by atoms with E-state index in [4.69, 9.17) is 0 Å². The molecule has 7 heteroatoms. The van der Waals surface area contributed by atoms with Crippen LogP contribution in [-0.4, -0.2) is 18.1 Å². The Morgan fingerprint density at radius 1 is 1.56 bits per heavy atom. The monoisotopic (exact) mass is 235 g/mol. The fourth-order valence-corrected chi connectivity index (χ4v) is 1.07. The van der Waals surface area contributed by atoms with E-state index >= 15 is 0 Å². The van der Waals surface area contributed by atoms with E-state index in [2.05, 4.69) is 4.74 Å². The highest BCUT2D eigenvalue weighted by molar-refractivity contribution is 5.72. The van der Waals surface area contributed by atoms with Gasteiger partial charge >= 0.3 is 5.97 Å². The molecule has 1 rings (SSSR count). The lowest BCUT2D eigenvalue weighted by atomic mass is 10.2. The Morgan fingerprint density at radius 2 is 2.19 bits per heavy atom. The molecule has 0 bridgehead atoms. The number of ether oxygens (including phenoxy) is 1. The SMILES string of the molecule is COC(=O)Cc1c(F)cc(C(F)F)[nH]c1=O. The summed E-state index contributed by atoms with van der Waals surface area (Å²) in [5.74, 6) is -1.97. The first-order chi connectivity index (χ1) is 7.45. The number of alkyl halides is 2. The van der Waals surface area contributed by atoms with Crippen LogP contribution in [-0.2, 0) is 16.0 Å². The summed E-state index contributed by atoms with van der Waals surface area (Å²) in [5.41, 5.74) is -2.40. The van der Waals surface area contributed by atoms with E-state index < -0.39 is 41.4 Å². The smallest absolute Gasteiger partial charge is 0.310 e. The lowest BCUT2D eigenvalue weighted by Crippen LogP contribution is -2.21. The number of nitrogens with one attached hydrogen (secondary N) is 1. The number of carbonyl (C=O) groups is 1. The minimum Gasteiger partial charge on any atom is -0.469 e. The summed E-state index contributed by atoms with van der Waals surface area (Å²) in [7, 11) is 1.07. The van der Waals surface area contributed by atoms with Crippen LogP contribution < -0.4 is 5.56 Å². The second-order valence-corrected chi connectivity index (χ2v) is 2.93. The maximum atomic E-state index is 13.2. The van der Waals surface area contributed by atoms with Crippen molar-refractivity contribution >= 4 is 5.97 Å². The molecule has 0 atom stereocenters. The highest BCUT2D eigenvalue weighted by atomic mass is 19.3. The van der Waals surface area contributed by atoms with E-state index in [-0.39, 0.29) is 0 Å². The normalized spacial score (nSPS) is 10.6. The van der Waals surface area contributed by atoms with Crippen molar-refractivity contribution < 1.29 is 22.7 Å². The fourth-order valence-electron chi connectivity index (χ4n) is 1.07. The maximum absolute atomic E-state index is 13.2. The van der Waals surface area contributed by atoms with Gasteiger partial charge in [0.2, 0.25) is 0 Å². The third-order valence-electron chi connectivity index (χ3n) is 1.89. The molecule has 0 unspecified atom stereocenters. The highest BCUT2D eigenvalue weighted by Crippen LogP contribution is 2.16. The number of H-pyrrole nitrogens is 1.